The average Bonchev–Trinajstić information content (AvgIpc) is 2.70. The molecule has 0 saturated carbocycles. The van der Waals surface area contributed by atoms with E-state index in [1.165, 1.54) is 12.0 Å². The molecule has 1 aromatic rings. The Morgan fingerprint density at radius 2 is 2.06 bits per heavy atom. The maximum absolute atomic E-state index is 5.70. The van der Waals surface area contributed by atoms with Crippen LogP contribution in [0.5, 0.6) is 0 Å². The van der Waals surface area contributed by atoms with Gasteiger partial charge in [-0.25, -0.2) is 0 Å². The van der Waals surface area contributed by atoms with Gasteiger partial charge in [0.1, 0.15) is 6.10 Å². The summed E-state index contributed by atoms with van der Waals surface area (Å²) in [6.45, 7) is 4.58. The second-order valence-corrected chi connectivity index (χ2v) is 5.17. The van der Waals surface area contributed by atoms with E-state index >= 15 is 0 Å². The Morgan fingerprint density at radius 3 is 2.72 bits per heavy atom. The number of unbranched alkanes of at least 4 members (excludes halogenated alkanes) is 1. The molecule has 0 spiro atoms. The van der Waals surface area contributed by atoms with Crippen molar-refractivity contribution >= 4 is 0 Å². The molecule has 2 nitrogen and oxygen atoms in total. The van der Waals surface area contributed by atoms with Crippen LogP contribution in [0.4, 0.5) is 0 Å². The first-order valence-electron chi connectivity index (χ1n) is 6.68. The van der Waals surface area contributed by atoms with Gasteiger partial charge in [0, 0.05) is 0 Å². The minimum atomic E-state index is -0.418. The monoisotopic (exact) mass is 246 g/mol. The van der Waals surface area contributed by atoms with Crippen LogP contribution in [0.25, 0.3) is 0 Å². The zero-order chi connectivity index (χ0) is 12.8. The lowest BCUT2D eigenvalue weighted by Gasteiger charge is -2.15. The number of benzene rings is 1. The molecule has 0 aliphatic carbocycles. The van der Waals surface area contributed by atoms with E-state index in [-0.39, 0.29) is 6.10 Å². The van der Waals surface area contributed by atoms with Gasteiger partial charge in [-0.3, -0.25) is 0 Å². The summed E-state index contributed by atoms with van der Waals surface area (Å²) in [7, 11) is 0. The number of ether oxygens (including phenoxy) is 2. The number of aryl methyl sites for hydroxylation is 1. The van der Waals surface area contributed by atoms with Crippen molar-refractivity contribution in [2.75, 3.05) is 6.61 Å². The van der Waals surface area contributed by atoms with Gasteiger partial charge in [0.25, 0.3) is 0 Å². The lowest BCUT2D eigenvalue weighted by atomic mass is 10.1. The number of hydrogen-bond donors (Lipinski definition) is 0. The molecular formula is C16H22O2. The number of hydrogen-bond acceptors (Lipinski definition) is 2. The zero-order valence-corrected chi connectivity index (χ0v) is 11.3. The molecule has 1 aromatic carbocycles. The molecular weight excluding hydrogens is 224 g/mol. The van der Waals surface area contributed by atoms with Crippen molar-refractivity contribution in [1.29, 1.82) is 0 Å². The first-order valence-corrected chi connectivity index (χ1v) is 6.68. The molecule has 1 heterocycles. The fourth-order valence-corrected chi connectivity index (χ4v) is 2.13. The molecule has 2 heteroatoms. The van der Waals surface area contributed by atoms with Crippen LogP contribution >= 0.6 is 0 Å². The molecule has 2 rings (SSSR count). The fourth-order valence-electron chi connectivity index (χ4n) is 2.13. The van der Waals surface area contributed by atoms with E-state index in [1.807, 2.05) is 13.8 Å². The summed E-state index contributed by atoms with van der Waals surface area (Å²) in [6, 6.07) is 10.6. The van der Waals surface area contributed by atoms with Crippen molar-refractivity contribution in [3.8, 4) is 0 Å². The minimum Gasteiger partial charge on any atom is -0.347 e. The lowest BCUT2D eigenvalue weighted by molar-refractivity contribution is -0.133. The standard InChI is InChI=1S/C16H22O2/c1-16(2)17-13-15(18-16)12-8-4-7-11-14-9-5-3-6-10-14/h3,5-6,8-10,12,15H,4,7,11,13H2,1-2H3/b12-8+/t15-/m0/s1. The maximum atomic E-state index is 5.70. The predicted octanol–water partition coefficient (Wildman–Crippen LogP) is 3.72. The summed E-state index contributed by atoms with van der Waals surface area (Å²) in [5.74, 6) is -0.418. The molecule has 1 atom stereocenters. The van der Waals surface area contributed by atoms with E-state index in [1.54, 1.807) is 0 Å². The summed E-state index contributed by atoms with van der Waals surface area (Å²) in [4.78, 5) is 0. The van der Waals surface area contributed by atoms with E-state index in [0.29, 0.717) is 6.61 Å². The van der Waals surface area contributed by atoms with Crippen molar-refractivity contribution in [2.45, 2.75) is 45.0 Å². The van der Waals surface area contributed by atoms with E-state index < -0.39 is 5.79 Å². The molecule has 1 aliphatic rings. The van der Waals surface area contributed by atoms with E-state index in [0.717, 1.165) is 12.8 Å². The third-order valence-corrected chi connectivity index (χ3v) is 3.06. The molecule has 1 aliphatic heterocycles. The summed E-state index contributed by atoms with van der Waals surface area (Å²) >= 11 is 0. The van der Waals surface area contributed by atoms with Gasteiger partial charge in [0.05, 0.1) is 6.61 Å². The quantitative estimate of drug-likeness (QED) is 0.582. The molecule has 0 N–H and O–H groups in total. The van der Waals surface area contributed by atoms with Gasteiger partial charge in [0.2, 0.25) is 0 Å². The Labute approximate surface area is 110 Å². The van der Waals surface area contributed by atoms with Crippen LogP contribution in [0.2, 0.25) is 0 Å². The second-order valence-electron chi connectivity index (χ2n) is 5.17. The van der Waals surface area contributed by atoms with Crippen LogP contribution in [-0.4, -0.2) is 18.5 Å². The van der Waals surface area contributed by atoms with Crippen LogP contribution < -0.4 is 0 Å². The SMILES string of the molecule is CC1(C)OC[C@H](/C=C/CCCc2ccccc2)O1. The van der Waals surface area contributed by atoms with Crippen molar-refractivity contribution in [3.63, 3.8) is 0 Å². The highest BCUT2D eigenvalue weighted by Crippen LogP contribution is 2.22. The molecule has 0 bridgehead atoms. The number of rotatable bonds is 5. The Bertz CT molecular complexity index is 381. The average molecular weight is 246 g/mol. The van der Waals surface area contributed by atoms with Crippen LogP contribution in [0.1, 0.15) is 32.3 Å². The van der Waals surface area contributed by atoms with Gasteiger partial charge in [-0.05, 0) is 38.7 Å². The lowest BCUT2D eigenvalue weighted by Crippen LogP contribution is -2.20. The van der Waals surface area contributed by atoms with E-state index in [4.69, 9.17) is 9.47 Å². The molecule has 0 radical (unpaired) electrons. The van der Waals surface area contributed by atoms with Crippen LogP contribution in [-0.2, 0) is 15.9 Å². The Hall–Kier alpha value is -1.12. The molecule has 0 aromatic heterocycles. The summed E-state index contributed by atoms with van der Waals surface area (Å²) < 4.78 is 11.2. The van der Waals surface area contributed by atoms with Crippen LogP contribution in [0.3, 0.4) is 0 Å². The number of allylic oxidation sites excluding steroid dienone is 1. The molecule has 1 fully saturated rings. The Morgan fingerprint density at radius 1 is 1.28 bits per heavy atom. The van der Waals surface area contributed by atoms with Gasteiger partial charge in [-0.2, -0.15) is 0 Å². The van der Waals surface area contributed by atoms with Crippen molar-refractivity contribution in [3.05, 3.63) is 48.0 Å². The van der Waals surface area contributed by atoms with Gasteiger partial charge < -0.3 is 9.47 Å². The van der Waals surface area contributed by atoms with Gasteiger partial charge in [-0.15, -0.1) is 0 Å². The Balaban J connectivity index is 1.64. The van der Waals surface area contributed by atoms with E-state index in [9.17, 15) is 0 Å². The Kier molecular flexibility index (Phi) is 4.56. The fraction of sp³-hybridized carbons (Fsp3) is 0.500. The summed E-state index contributed by atoms with van der Waals surface area (Å²) in [5, 5.41) is 0. The molecule has 98 valence electrons. The van der Waals surface area contributed by atoms with E-state index in [2.05, 4.69) is 42.5 Å². The third-order valence-electron chi connectivity index (χ3n) is 3.06. The highest BCUT2D eigenvalue weighted by molar-refractivity contribution is 5.14. The molecule has 1 saturated heterocycles. The second kappa shape index (κ2) is 6.17. The van der Waals surface area contributed by atoms with Gasteiger partial charge in [-0.1, -0.05) is 42.5 Å². The third kappa shape index (κ3) is 4.28. The molecule has 0 amide bonds. The highest BCUT2D eigenvalue weighted by atomic mass is 16.7. The van der Waals surface area contributed by atoms with Crippen molar-refractivity contribution < 1.29 is 9.47 Å². The first-order chi connectivity index (χ1) is 8.66. The largest absolute Gasteiger partial charge is 0.347 e. The predicted molar refractivity (Wildman–Crippen MR) is 73.4 cm³/mol. The van der Waals surface area contributed by atoms with Crippen LogP contribution in [0, 0.1) is 0 Å². The molecule has 18 heavy (non-hydrogen) atoms. The zero-order valence-electron chi connectivity index (χ0n) is 11.3. The maximum Gasteiger partial charge on any atom is 0.163 e. The minimum absolute atomic E-state index is 0.122. The molecule has 0 unspecified atom stereocenters. The summed E-state index contributed by atoms with van der Waals surface area (Å²) in [5.41, 5.74) is 1.41. The van der Waals surface area contributed by atoms with Gasteiger partial charge >= 0.3 is 0 Å². The van der Waals surface area contributed by atoms with Crippen LogP contribution in [0.15, 0.2) is 42.5 Å². The van der Waals surface area contributed by atoms with Gasteiger partial charge in [0.15, 0.2) is 5.79 Å². The first kappa shape index (κ1) is 13.3. The smallest absolute Gasteiger partial charge is 0.163 e. The van der Waals surface area contributed by atoms with Crippen molar-refractivity contribution in [2.24, 2.45) is 0 Å². The summed E-state index contributed by atoms with van der Waals surface area (Å²) in [6.07, 6.45) is 7.86. The normalized spacial score (nSPS) is 22.7. The van der Waals surface area contributed by atoms with Crippen molar-refractivity contribution in [1.82, 2.24) is 0 Å². The highest BCUT2D eigenvalue weighted by Gasteiger charge is 2.30. The topological polar surface area (TPSA) is 18.5 Å².